The molecule has 0 spiro atoms. The largest absolute Gasteiger partial charge is 0.391 e. The summed E-state index contributed by atoms with van der Waals surface area (Å²) in [6.07, 6.45) is 1.81. The Morgan fingerprint density at radius 1 is 1.53 bits per heavy atom. The number of β-amino-alcohol motifs (C(OH)–C–C–N with tert-alkyl or cyclic N) is 1. The fourth-order valence-electron chi connectivity index (χ4n) is 2.26. The Kier molecular flexibility index (Phi) is 4.42. The van der Waals surface area contributed by atoms with Crippen LogP contribution in [0.1, 0.15) is 18.4 Å². The van der Waals surface area contributed by atoms with E-state index in [0.717, 1.165) is 36.9 Å². The van der Waals surface area contributed by atoms with Crippen molar-refractivity contribution in [3.8, 4) is 0 Å². The first-order chi connectivity index (χ1) is 8.20. The van der Waals surface area contributed by atoms with Crippen LogP contribution in [0, 0.1) is 0 Å². The first kappa shape index (κ1) is 12.9. The van der Waals surface area contributed by atoms with Gasteiger partial charge in [-0.3, -0.25) is 0 Å². The Morgan fingerprint density at radius 3 is 3.00 bits per heavy atom. The van der Waals surface area contributed by atoms with E-state index in [0.29, 0.717) is 0 Å². The second kappa shape index (κ2) is 5.85. The van der Waals surface area contributed by atoms with E-state index in [1.54, 1.807) is 0 Å². The smallest absolute Gasteiger partial charge is 0.0715 e. The minimum Gasteiger partial charge on any atom is -0.391 e. The average molecular weight is 299 g/mol. The topological polar surface area (TPSA) is 35.5 Å². The van der Waals surface area contributed by atoms with Crippen LogP contribution in [0.4, 0.5) is 5.69 Å². The molecule has 0 aliphatic carbocycles. The van der Waals surface area contributed by atoms with Gasteiger partial charge in [0.1, 0.15) is 0 Å². The molecule has 2 rings (SSSR count). The lowest BCUT2D eigenvalue weighted by Gasteiger charge is -2.32. The number of hydrogen-bond donors (Lipinski definition) is 2. The summed E-state index contributed by atoms with van der Waals surface area (Å²) in [6.45, 7) is 2.65. The van der Waals surface area contributed by atoms with E-state index >= 15 is 0 Å². The molecule has 1 aliphatic heterocycles. The quantitative estimate of drug-likeness (QED) is 0.897. The predicted molar refractivity (Wildman–Crippen MR) is 74.4 cm³/mol. The summed E-state index contributed by atoms with van der Waals surface area (Å²) in [4.78, 5) is 2.25. The molecule has 1 saturated heterocycles. The van der Waals surface area contributed by atoms with E-state index in [9.17, 15) is 5.11 Å². The van der Waals surface area contributed by atoms with E-state index < -0.39 is 0 Å². The van der Waals surface area contributed by atoms with E-state index in [4.69, 9.17) is 0 Å². The maximum absolute atomic E-state index is 9.69. The lowest BCUT2D eigenvalue weighted by Crippen LogP contribution is -2.38. The van der Waals surface area contributed by atoms with Crippen molar-refractivity contribution in [1.82, 2.24) is 5.32 Å². The second-order valence-corrected chi connectivity index (χ2v) is 5.40. The third-order valence-electron chi connectivity index (χ3n) is 3.17. The van der Waals surface area contributed by atoms with Crippen molar-refractivity contribution in [2.45, 2.75) is 25.5 Å². The molecule has 1 aliphatic rings. The summed E-state index contributed by atoms with van der Waals surface area (Å²) < 4.78 is 1.13. The fourth-order valence-corrected chi connectivity index (χ4v) is 2.76. The lowest BCUT2D eigenvalue weighted by atomic mass is 10.1. The van der Waals surface area contributed by atoms with E-state index in [-0.39, 0.29) is 6.10 Å². The first-order valence-electron chi connectivity index (χ1n) is 6.06. The third kappa shape index (κ3) is 3.21. The van der Waals surface area contributed by atoms with Crippen LogP contribution in [0.25, 0.3) is 0 Å². The molecule has 0 aromatic heterocycles. The summed E-state index contributed by atoms with van der Waals surface area (Å²) in [5, 5.41) is 12.8. The van der Waals surface area contributed by atoms with Crippen LogP contribution >= 0.6 is 15.9 Å². The second-order valence-electron chi connectivity index (χ2n) is 4.55. The van der Waals surface area contributed by atoms with Gasteiger partial charge in [0, 0.05) is 29.8 Å². The highest BCUT2D eigenvalue weighted by atomic mass is 79.9. The molecule has 0 amide bonds. The number of piperidine rings is 1. The summed E-state index contributed by atoms with van der Waals surface area (Å²) >= 11 is 3.60. The van der Waals surface area contributed by atoms with Gasteiger partial charge in [-0.05, 0) is 37.6 Å². The van der Waals surface area contributed by atoms with Gasteiger partial charge in [0.25, 0.3) is 0 Å². The molecule has 0 saturated carbocycles. The van der Waals surface area contributed by atoms with Crippen LogP contribution in [-0.2, 0) is 6.54 Å². The average Bonchev–Trinajstić information content (AvgIpc) is 2.32. The normalized spacial score (nSPS) is 20.6. The highest BCUT2D eigenvalue weighted by Gasteiger charge is 2.18. The lowest BCUT2D eigenvalue weighted by molar-refractivity contribution is 0.154. The van der Waals surface area contributed by atoms with Crippen molar-refractivity contribution in [3.05, 3.63) is 28.2 Å². The molecular weight excluding hydrogens is 280 g/mol. The number of anilines is 1. The van der Waals surface area contributed by atoms with Gasteiger partial charge < -0.3 is 15.3 Å². The Morgan fingerprint density at radius 2 is 2.35 bits per heavy atom. The van der Waals surface area contributed by atoms with Crippen LogP contribution < -0.4 is 10.2 Å². The van der Waals surface area contributed by atoms with E-state index in [1.807, 2.05) is 7.05 Å². The van der Waals surface area contributed by atoms with Gasteiger partial charge in [-0.15, -0.1) is 0 Å². The predicted octanol–water partition coefficient (Wildman–Crippen LogP) is 2.13. The molecule has 1 unspecified atom stereocenters. The monoisotopic (exact) mass is 298 g/mol. The molecular formula is C13H19BrN2O. The van der Waals surface area contributed by atoms with Gasteiger partial charge in [-0.2, -0.15) is 0 Å². The van der Waals surface area contributed by atoms with Crippen molar-refractivity contribution in [2.75, 3.05) is 25.0 Å². The standard InChI is InChI=1S/C13H19BrN2O/c1-15-8-10-4-5-11(7-13(10)14)16-6-2-3-12(17)9-16/h4-5,7,12,15,17H,2-3,6,8-9H2,1H3. The van der Waals surface area contributed by atoms with Gasteiger partial charge in [0.05, 0.1) is 6.10 Å². The minimum absolute atomic E-state index is 0.181. The number of rotatable bonds is 3. The molecule has 1 fully saturated rings. The molecule has 1 aromatic carbocycles. The molecule has 1 atom stereocenters. The molecule has 0 bridgehead atoms. The van der Waals surface area contributed by atoms with Gasteiger partial charge >= 0.3 is 0 Å². The summed E-state index contributed by atoms with van der Waals surface area (Å²) in [7, 11) is 1.95. The number of nitrogens with zero attached hydrogens (tertiary/aromatic N) is 1. The van der Waals surface area contributed by atoms with Crippen molar-refractivity contribution in [3.63, 3.8) is 0 Å². The minimum atomic E-state index is -0.181. The number of benzene rings is 1. The van der Waals surface area contributed by atoms with E-state index in [2.05, 4.69) is 44.3 Å². The van der Waals surface area contributed by atoms with Crippen molar-refractivity contribution >= 4 is 21.6 Å². The van der Waals surface area contributed by atoms with Crippen LogP contribution in [0.5, 0.6) is 0 Å². The Bertz CT molecular complexity index is 384. The number of nitrogens with one attached hydrogen (secondary N) is 1. The zero-order valence-electron chi connectivity index (χ0n) is 10.1. The summed E-state index contributed by atoms with van der Waals surface area (Å²) in [5.41, 5.74) is 2.45. The van der Waals surface area contributed by atoms with E-state index in [1.165, 1.54) is 11.3 Å². The zero-order chi connectivity index (χ0) is 12.3. The van der Waals surface area contributed by atoms with Gasteiger partial charge in [0.2, 0.25) is 0 Å². The number of halogens is 1. The van der Waals surface area contributed by atoms with Gasteiger partial charge in [-0.25, -0.2) is 0 Å². The SMILES string of the molecule is CNCc1ccc(N2CCCC(O)C2)cc1Br. The number of hydrogen-bond acceptors (Lipinski definition) is 3. The Balaban J connectivity index is 2.13. The molecule has 4 heteroatoms. The third-order valence-corrected chi connectivity index (χ3v) is 3.90. The van der Waals surface area contributed by atoms with Crippen molar-refractivity contribution in [2.24, 2.45) is 0 Å². The Hall–Kier alpha value is -0.580. The molecule has 3 nitrogen and oxygen atoms in total. The first-order valence-corrected chi connectivity index (χ1v) is 6.86. The van der Waals surface area contributed by atoms with Crippen molar-refractivity contribution in [1.29, 1.82) is 0 Å². The highest BCUT2D eigenvalue weighted by molar-refractivity contribution is 9.10. The molecule has 2 N–H and O–H groups in total. The van der Waals surface area contributed by atoms with Crippen LogP contribution in [-0.4, -0.2) is 31.3 Å². The van der Waals surface area contributed by atoms with Crippen LogP contribution in [0.15, 0.2) is 22.7 Å². The Labute approximate surface area is 111 Å². The number of aliphatic hydroxyl groups excluding tert-OH is 1. The van der Waals surface area contributed by atoms with Crippen LogP contribution in [0.2, 0.25) is 0 Å². The molecule has 0 radical (unpaired) electrons. The molecule has 1 heterocycles. The fraction of sp³-hybridized carbons (Fsp3) is 0.538. The van der Waals surface area contributed by atoms with Gasteiger partial charge in [0.15, 0.2) is 0 Å². The zero-order valence-corrected chi connectivity index (χ0v) is 11.7. The summed E-state index contributed by atoms with van der Waals surface area (Å²) in [5.74, 6) is 0. The molecule has 1 aromatic rings. The number of aliphatic hydroxyl groups is 1. The molecule has 94 valence electrons. The maximum atomic E-state index is 9.69. The molecule has 17 heavy (non-hydrogen) atoms. The van der Waals surface area contributed by atoms with Gasteiger partial charge in [-0.1, -0.05) is 22.0 Å². The van der Waals surface area contributed by atoms with Crippen LogP contribution in [0.3, 0.4) is 0 Å². The maximum Gasteiger partial charge on any atom is 0.0715 e. The van der Waals surface area contributed by atoms with Crippen molar-refractivity contribution < 1.29 is 5.11 Å². The summed E-state index contributed by atoms with van der Waals surface area (Å²) in [6, 6.07) is 6.41. The highest BCUT2D eigenvalue weighted by Crippen LogP contribution is 2.26.